The number of fused-ring (bicyclic) bond motifs is 1. The van der Waals surface area contributed by atoms with Gasteiger partial charge in [0.2, 0.25) is 5.52 Å². The van der Waals surface area contributed by atoms with Gasteiger partial charge in [0.1, 0.15) is 0 Å². The Kier molecular flexibility index (Phi) is 3.92. The van der Waals surface area contributed by atoms with Crippen molar-refractivity contribution in [3.8, 4) is 0 Å². The largest absolute Gasteiger partial charge is 0.437 e. The van der Waals surface area contributed by atoms with E-state index in [4.69, 9.17) is 0 Å². The first-order chi connectivity index (χ1) is 9.93. The Balaban J connectivity index is 2.98. The third-order valence-corrected chi connectivity index (χ3v) is 3.28. The minimum atomic E-state index is -0.662. The summed E-state index contributed by atoms with van der Waals surface area (Å²) in [5, 5.41) is 11.0. The van der Waals surface area contributed by atoms with Crippen molar-refractivity contribution in [2.45, 2.75) is 39.8 Å². The van der Waals surface area contributed by atoms with Gasteiger partial charge in [0, 0.05) is 13.1 Å². The van der Waals surface area contributed by atoms with Gasteiger partial charge in [-0.1, -0.05) is 13.8 Å². The molecule has 2 aromatic heterocycles. The van der Waals surface area contributed by atoms with Crippen LogP contribution in [0.25, 0.3) is 11.2 Å². The summed E-state index contributed by atoms with van der Waals surface area (Å²) in [5.74, 6) is -0.444. The first-order valence-corrected chi connectivity index (χ1v) is 6.78. The predicted molar refractivity (Wildman–Crippen MR) is 76.5 cm³/mol. The molecule has 114 valence electrons. The first kappa shape index (κ1) is 14.9. The van der Waals surface area contributed by atoms with Crippen molar-refractivity contribution >= 4 is 17.1 Å². The molecule has 0 saturated carbocycles. The van der Waals surface area contributed by atoms with Gasteiger partial charge in [-0.2, -0.15) is 0 Å². The maximum absolute atomic E-state index is 12.4. The van der Waals surface area contributed by atoms with Crippen molar-refractivity contribution in [3.63, 3.8) is 0 Å². The van der Waals surface area contributed by atoms with E-state index in [9.17, 15) is 19.7 Å². The van der Waals surface area contributed by atoms with Crippen LogP contribution in [-0.2, 0) is 20.1 Å². The molecule has 0 aliphatic heterocycles. The topological polar surface area (TPSA) is 105 Å². The number of hydrogen-bond donors (Lipinski definition) is 0. The summed E-state index contributed by atoms with van der Waals surface area (Å²) in [6.45, 7) is 4.36. The maximum atomic E-state index is 12.4. The van der Waals surface area contributed by atoms with Crippen LogP contribution in [0.15, 0.2) is 9.59 Å². The highest BCUT2D eigenvalue weighted by molar-refractivity contribution is 5.72. The van der Waals surface area contributed by atoms with Crippen molar-refractivity contribution < 1.29 is 4.92 Å². The first-order valence-electron chi connectivity index (χ1n) is 6.78. The fraction of sp³-hybridized carbons (Fsp3) is 0.583. The van der Waals surface area contributed by atoms with Crippen LogP contribution in [0.4, 0.5) is 5.95 Å². The van der Waals surface area contributed by atoms with Crippen LogP contribution in [0.2, 0.25) is 0 Å². The van der Waals surface area contributed by atoms with Gasteiger partial charge in [-0.05, 0) is 22.7 Å². The van der Waals surface area contributed by atoms with Gasteiger partial charge in [-0.15, -0.1) is 0 Å². The molecule has 0 N–H and O–H groups in total. The molecule has 2 aromatic rings. The Morgan fingerprint density at radius 3 is 2.24 bits per heavy atom. The summed E-state index contributed by atoms with van der Waals surface area (Å²) in [7, 11) is 1.41. The molecule has 2 heterocycles. The zero-order valence-corrected chi connectivity index (χ0v) is 12.2. The molecule has 9 heteroatoms. The van der Waals surface area contributed by atoms with Crippen LogP contribution in [0, 0.1) is 10.1 Å². The standard InChI is InChI=1S/C12H17N5O4/c1-4-6-15-9-8(14(3)11(13-9)17(20)21)10(18)16(7-5-2)12(15)19/h4-7H2,1-3H3. The molecule has 2 rings (SSSR count). The van der Waals surface area contributed by atoms with Gasteiger partial charge < -0.3 is 10.1 Å². The molecule has 0 radical (unpaired) electrons. The van der Waals surface area contributed by atoms with Gasteiger partial charge in [0.15, 0.2) is 0 Å². The molecule has 0 atom stereocenters. The van der Waals surface area contributed by atoms with E-state index in [0.717, 1.165) is 9.13 Å². The van der Waals surface area contributed by atoms with Crippen LogP contribution < -0.4 is 11.2 Å². The lowest BCUT2D eigenvalue weighted by molar-refractivity contribution is -0.396. The number of rotatable bonds is 5. The molecule has 0 fully saturated rings. The molecule has 0 aromatic carbocycles. The van der Waals surface area contributed by atoms with Crippen molar-refractivity contribution in [3.05, 3.63) is 31.0 Å². The van der Waals surface area contributed by atoms with E-state index in [2.05, 4.69) is 4.98 Å². The molecule has 0 amide bonds. The van der Waals surface area contributed by atoms with E-state index in [1.807, 2.05) is 13.8 Å². The smallest absolute Gasteiger partial charge is 0.390 e. The summed E-state index contributed by atoms with van der Waals surface area (Å²) in [6, 6.07) is 0. The molecule has 0 spiro atoms. The lowest BCUT2D eigenvalue weighted by Crippen LogP contribution is -2.40. The fourth-order valence-electron chi connectivity index (χ4n) is 2.36. The summed E-state index contributed by atoms with van der Waals surface area (Å²) in [5.41, 5.74) is -0.840. The summed E-state index contributed by atoms with van der Waals surface area (Å²) in [4.78, 5) is 39.0. The summed E-state index contributed by atoms with van der Waals surface area (Å²) >= 11 is 0. The molecule has 0 aliphatic rings. The predicted octanol–water partition coefficient (Wildman–Crippen LogP) is 0.625. The second-order valence-corrected chi connectivity index (χ2v) is 4.79. The minimum Gasteiger partial charge on any atom is -0.390 e. The van der Waals surface area contributed by atoms with Crippen LogP contribution >= 0.6 is 0 Å². The zero-order chi connectivity index (χ0) is 15.7. The molecular formula is C12H17N5O4. The minimum absolute atomic E-state index is 0.0772. The summed E-state index contributed by atoms with van der Waals surface area (Å²) in [6.07, 6.45) is 1.27. The highest BCUT2D eigenvalue weighted by atomic mass is 16.6. The number of imidazole rings is 1. The second-order valence-electron chi connectivity index (χ2n) is 4.79. The van der Waals surface area contributed by atoms with E-state index in [1.165, 1.54) is 11.6 Å². The molecule has 0 unspecified atom stereocenters. The van der Waals surface area contributed by atoms with E-state index in [0.29, 0.717) is 19.4 Å². The Hall–Kier alpha value is -2.45. The fourth-order valence-corrected chi connectivity index (χ4v) is 2.36. The number of aryl methyl sites for hydroxylation is 2. The highest BCUT2D eigenvalue weighted by Crippen LogP contribution is 2.15. The SMILES string of the molecule is CCCn1c(=O)c2c(nc([N+](=O)[O-])n2C)n(CCC)c1=O. The average Bonchev–Trinajstić information content (AvgIpc) is 2.77. The Morgan fingerprint density at radius 1 is 1.14 bits per heavy atom. The van der Waals surface area contributed by atoms with Gasteiger partial charge in [-0.3, -0.25) is 13.9 Å². The van der Waals surface area contributed by atoms with Crippen LogP contribution in [0.3, 0.4) is 0 Å². The third kappa shape index (κ3) is 2.24. The normalized spacial score (nSPS) is 11.2. The number of hydrogen-bond acceptors (Lipinski definition) is 5. The zero-order valence-electron chi connectivity index (χ0n) is 12.2. The van der Waals surface area contributed by atoms with Crippen LogP contribution in [-0.4, -0.2) is 23.6 Å². The molecule has 9 nitrogen and oxygen atoms in total. The van der Waals surface area contributed by atoms with E-state index in [-0.39, 0.29) is 17.7 Å². The third-order valence-electron chi connectivity index (χ3n) is 3.28. The van der Waals surface area contributed by atoms with Crippen molar-refractivity contribution in [2.75, 3.05) is 0 Å². The quantitative estimate of drug-likeness (QED) is 0.594. The monoisotopic (exact) mass is 295 g/mol. The second kappa shape index (κ2) is 5.51. The van der Waals surface area contributed by atoms with Gasteiger partial charge in [0.25, 0.3) is 11.2 Å². The molecule has 0 aliphatic carbocycles. The van der Waals surface area contributed by atoms with Crippen molar-refractivity contribution in [1.82, 2.24) is 18.7 Å². The van der Waals surface area contributed by atoms with E-state index < -0.39 is 22.1 Å². The highest BCUT2D eigenvalue weighted by Gasteiger charge is 2.27. The van der Waals surface area contributed by atoms with Gasteiger partial charge in [-0.25, -0.2) is 9.36 Å². The van der Waals surface area contributed by atoms with Crippen LogP contribution in [0.5, 0.6) is 0 Å². The van der Waals surface area contributed by atoms with Gasteiger partial charge >= 0.3 is 11.6 Å². The summed E-state index contributed by atoms with van der Waals surface area (Å²) < 4.78 is 3.58. The average molecular weight is 295 g/mol. The Morgan fingerprint density at radius 2 is 1.71 bits per heavy atom. The van der Waals surface area contributed by atoms with E-state index >= 15 is 0 Å². The Labute approximate surface area is 119 Å². The van der Waals surface area contributed by atoms with Gasteiger partial charge in [0.05, 0.1) is 7.05 Å². The number of nitro groups is 1. The molecule has 21 heavy (non-hydrogen) atoms. The maximum Gasteiger partial charge on any atom is 0.437 e. The van der Waals surface area contributed by atoms with Crippen molar-refractivity contribution in [1.29, 1.82) is 0 Å². The molecule has 0 bridgehead atoms. The number of aromatic nitrogens is 4. The van der Waals surface area contributed by atoms with E-state index in [1.54, 1.807) is 0 Å². The Bertz CT molecular complexity index is 814. The molecular weight excluding hydrogens is 278 g/mol. The van der Waals surface area contributed by atoms with Crippen molar-refractivity contribution in [2.24, 2.45) is 7.05 Å². The van der Waals surface area contributed by atoms with Crippen LogP contribution in [0.1, 0.15) is 26.7 Å². The lowest BCUT2D eigenvalue weighted by Gasteiger charge is -2.07. The molecule has 0 saturated heterocycles. The number of nitrogens with zero attached hydrogens (tertiary/aromatic N) is 5. The lowest BCUT2D eigenvalue weighted by atomic mass is 10.4.